The summed E-state index contributed by atoms with van der Waals surface area (Å²) in [6.45, 7) is -0.519. The molecule has 16 nitrogen and oxygen atoms in total. The number of aromatic hydroxyl groups is 1. The van der Waals surface area contributed by atoms with Gasteiger partial charge in [0.2, 0.25) is 11.8 Å². The Bertz CT molecular complexity index is 2630. The van der Waals surface area contributed by atoms with Crippen LogP contribution in [0.15, 0.2) is 127 Å². The Morgan fingerprint density at radius 2 is 1.51 bits per heavy atom. The van der Waals surface area contributed by atoms with Crippen LogP contribution in [0.4, 0.5) is 21.0 Å². The number of anilines is 1. The summed E-state index contributed by atoms with van der Waals surface area (Å²) >= 11 is 0. The van der Waals surface area contributed by atoms with Crippen LogP contribution in [-0.4, -0.2) is 57.4 Å². The Balaban J connectivity index is 1.36. The summed E-state index contributed by atoms with van der Waals surface area (Å²) < 4.78 is 12.0. The topological polar surface area (TPSA) is 238 Å². The minimum Gasteiger partial charge on any atom is -0.508 e. The van der Waals surface area contributed by atoms with Crippen molar-refractivity contribution < 1.29 is 43.5 Å². The van der Waals surface area contributed by atoms with Gasteiger partial charge >= 0.3 is 18.1 Å². The summed E-state index contributed by atoms with van der Waals surface area (Å²) in [5, 5.41) is 24.1. The van der Waals surface area contributed by atoms with E-state index in [-0.39, 0.29) is 29.2 Å². The minimum atomic E-state index is -2.16. The van der Waals surface area contributed by atoms with Gasteiger partial charge in [-0.05, 0) is 70.3 Å². The molecule has 2 saturated heterocycles. The van der Waals surface area contributed by atoms with E-state index >= 15 is 4.79 Å². The Morgan fingerprint density at radius 3 is 2.13 bits per heavy atom. The van der Waals surface area contributed by atoms with E-state index in [2.05, 4.69) is 17.2 Å². The average molecular weight is 821 g/mol. The molecule has 8 rings (SSSR count). The quantitative estimate of drug-likeness (QED) is 0.0717. The average Bonchev–Trinajstić information content (AvgIpc) is 3.71. The molecule has 5 amide bonds. The van der Waals surface area contributed by atoms with Gasteiger partial charge in [-0.25, -0.2) is 14.5 Å². The van der Waals surface area contributed by atoms with Crippen molar-refractivity contribution in [2.75, 3.05) is 11.4 Å². The van der Waals surface area contributed by atoms with Crippen molar-refractivity contribution in [3.63, 3.8) is 0 Å². The third kappa shape index (κ3) is 6.92. The molecule has 61 heavy (non-hydrogen) atoms. The number of esters is 1. The van der Waals surface area contributed by atoms with E-state index in [0.717, 1.165) is 4.90 Å². The summed E-state index contributed by atoms with van der Waals surface area (Å²) in [5.41, 5.74) is 11.7. The summed E-state index contributed by atoms with van der Waals surface area (Å²) in [6, 6.07) is 29.5. The maximum absolute atomic E-state index is 15.8. The molecule has 3 heterocycles. The van der Waals surface area contributed by atoms with Crippen molar-refractivity contribution in [1.82, 2.24) is 10.2 Å². The second-order valence-corrected chi connectivity index (χ2v) is 14.6. The predicted molar refractivity (Wildman–Crippen MR) is 217 cm³/mol. The molecular weight excluding hydrogens is 785 g/mol. The number of nitro groups is 1. The minimum absolute atomic E-state index is 0.0126. The Morgan fingerprint density at radius 1 is 0.852 bits per heavy atom. The number of hydrogen-bond donors (Lipinski definition) is 4. The lowest BCUT2D eigenvalue weighted by molar-refractivity contribution is -0.384. The van der Waals surface area contributed by atoms with Gasteiger partial charge in [0.15, 0.2) is 0 Å². The number of fused-ring (bicyclic) bond motifs is 3. The predicted octanol–water partition coefficient (Wildman–Crippen LogP) is 4.81. The SMILES string of the molecule is NC(=O)NCC#Cc1ccc2c(c1)[C@]1(C(=O)N2C(=O)OCc2ccc([N+](=O)[O-])cc2)[C@H](C(N)=O)[C@H]2C(=O)O[C@H](c3ccccc3)[C@H](c3ccccc3)N2[C@@H]1c1ccc(O)cc1. The molecule has 5 aromatic rings. The second-order valence-electron chi connectivity index (χ2n) is 14.6. The number of morpholine rings is 1. The summed E-state index contributed by atoms with van der Waals surface area (Å²) in [6.07, 6.45) is -2.11. The van der Waals surface area contributed by atoms with Crippen LogP contribution in [0.5, 0.6) is 5.75 Å². The molecule has 0 radical (unpaired) electrons. The molecule has 3 aliphatic heterocycles. The van der Waals surface area contributed by atoms with Gasteiger partial charge in [0.25, 0.3) is 5.69 Å². The number of non-ortho nitro benzene ring substituents is 1. The fraction of sp³-hybridized carbons (Fsp3) is 0.178. The zero-order valence-corrected chi connectivity index (χ0v) is 32.0. The summed E-state index contributed by atoms with van der Waals surface area (Å²) in [5.74, 6) is 1.11. The number of cyclic esters (lactones) is 1. The van der Waals surface area contributed by atoms with Gasteiger partial charge in [-0.15, -0.1) is 0 Å². The number of ether oxygens (including phenoxy) is 2. The number of carbonyl (C=O) groups excluding carboxylic acids is 5. The van der Waals surface area contributed by atoms with Crippen molar-refractivity contribution in [3.8, 4) is 17.6 Å². The molecule has 3 aliphatic rings. The first-order valence-electron chi connectivity index (χ1n) is 19.0. The molecule has 6 atom stereocenters. The molecule has 6 N–H and O–H groups in total. The number of amides is 5. The number of nitrogens with two attached hydrogens (primary N) is 2. The van der Waals surface area contributed by atoms with Crippen molar-refractivity contribution in [1.29, 1.82) is 0 Å². The number of phenolic OH excluding ortho intramolecular Hbond substituents is 1. The van der Waals surface area contributed by atoms with E-state index in [1.54, 1.807) is 41.3 Å². The Hall–Kier alpha value is -8.03. The second kappa shape index (κ2) is 16.0. The van der Waals surface area contributed by atoms with Crippen molar-refractivity contribution in [2.45, 2.75) is 36.3 Å². The molecular formula is C45H36N6O10. The smallest absolute Gasteiger partial charge is 0.421 e. The first kappa shape index (κ1) is 39.8. The van der Waals surface area contributed by atoms with Gasteiger partial charge in [0.1, 0.15) is 29.9 Å². The highest BCUT2D eigenvalue weighted by Gasteiger charge is 2.75. The number of urea groups is 1. The van der Waals surface area contributed by atoms with Crippen molar-refractivity contribution in [2.24, 2.45) is 17.4 Å². The fourth-order valence-corrected chi connectivity index (χ4v) is 8.85. The number of nitrogens with zero attached hydrogens (tertiary/aromatic N) is 3. The van der Waals surface area contributed by atoms with Gasteiger partial charge in [0, 0.05) is 17.7 Å². The highest BCUT2D eigenvalue weighted by Crippen LogP contribution is 2.65. The van der Waals surface area contributed by atoms with Crippen LogP contribution in [0.2, 0.25) is 0 Å². The molecule has 0 aliphatic carbocycles. The van der Waals surface area contributed by atoms with Crippen LogP contribution in [0.1, 0.15) is 51.6 Å². The highest BCUT2D eigenvalue weighted by molar-refractivity contribution is 6.23. The summed E-state index contributed by atoms with van der Waals surface area (Å²) in [7, 11) is 0. The van der Waals surface area contributed by atoms with E-state index in [4.69, 9.17) is 20.9 Å². The molecule has 0 unspecified atom stereocenters. The van der Waals surface area contributed by atoms with E-state index in [1.165, 1.54) is 54.6 Å². The first-order valence-corrected chi connectivity index (χ1v) is 19.0. The Kier molecular flexibility index (Phi) is 10.4. The zero-order chi connectivity index (χ0) is 43.0. The van der Waals surface area contributed by atoms with Crippen LogP contribution in [-0.2, 0) is 35.9 Å². The van der Waals surface area contributed by atoms with E-state index in [9.17, 15) is 34.4 Å². The maximum Gasteiger partial charge on any atom is 0.421 e. The maximum atomic E-state index is 15.8. The molecule has 2 fully saturated rings. The van der Waals surface area contributed by atoms with Gasteiger partial charge in [-0.1, -0.05) is 84.6 Å². The lowest BCUT2D eigenvalue weighted by Crippen LogP contribution is -2.55. The number of imide groups is 1. The van der Waals surface area contributed by atoms with Crippen LogP contribution in [0.25, 0.3) is 0 Å². The number of benzene rings is 5. The molecule has 0 aromatic heterocycles. The number of nitro benzene ring substituents is 1. The van der Waals surface area contributed by atoms with Gasteiger partial charge < -0.3 is 31.4 Å². The number of hydrogen-bond acceptors (Lipinski definition) is 11. The van der Waals surface area contributed by atoms with Crippen molar-refractivity contribution in [3.05, 3.63) is 171 Å². The third-order valence-corrected chi connectivity index (χ3v) is 11.2. The van der Waals surface area contributed by atoms with Crippen LogP contribution in [0.3, 0.4) is 0 Å². The normalized spacial score (nSPS) is 22.6. The highest BCUT2D eigenvalue weighted by atomic mass is 16.6. The van der Waals surface area contributed by atoms with Crippen LogP contribution in [0, 0.1) is 27.9 Å². The summed E-state index contributed by atoms with van der Waals surface area (Å²) in [4.78, 5) is 83.9. The van der Waals surface area contributed by atoms with Gasteiger partial charge in [-0.2, -0.15) is 0 Å². The number of rotatable bonds is 8. The lowest BCUT2D eigenvalue weighted by Gasteiger charge is -2.46. The molecule has 306 valence electrons. The van der Waals surface area contributed by atoms with Gasteiger partial charge in [-0.3, -0.25) is 29.4 Å². The molecule has 16 heteroatoms. The molecule has 0 bridgehead atoms. The fourth-order valence-electron chi connectivity index (χ4n) is 8.85. The number of primary amides is 2. The van der Waals surface area contributed by atoms with Crippen molar-refractivity contribution >= 4 is 41.3 Å². The lowest BCUT2D eigenvalue weighted by atomic mass is 9.65. The van der Waals surface area contributed by atoms with Crippen LogP contribution >= 0.6 is 0 Å². The number of nitrogens with one attached hydrogen (secondary N) is 1. The number of phenols is 1. The van der Waals surface area contributed by atoms with E-state index in [0.29, 0.717) is 27.8 Å². The van der Waals surface area contributed by atoms with E-state index < -0.39 is 77.0 Å². The van der Waals surface area contributed by atoms with E-state index in [1.807, 2.05) is 36.4 Å². The molecule has 0 saturated carbocycles. The first-order chi connectivity index (χ1) is 29.4. The monoisotopic (exact) mass is 820 g/mol. The van der Waals surface area contributed by atoms with Gasteiger partial charge in [0.05, 0.1) is 35.2 Å². The molecule has 5 aromatic carbocycles. The number of carbonyl (C=O) groups is 5. The van der Waals surface area contributed by atoms with Crippen LogP contribution < -0.4 is 21.7 Å². The Labute approximate surface area is 347 Å². The standard InChI is InChI=1S/C45H36N6O10/c46-40(53)35-37-41(54)61-38(29-11-5-2-6-12-29)36(28-9-3-1-4-10-28)50(37)39(30-16-20-32(52)21-17-30)45(35)33-24-26(8-7-23-48-43(47)56)15-22-34(33)49(42(45)55)44(57)60-25-27-13-18-31(19-14-27)51(58)59/h1-6,9-22,24,35-39,52H,23,25H2,(H2,46,53)(H3,47,48,56)/t35-,36-,37-,38+,39+,45-/m0/s1. The largest absolute Gasteiger partial charge is 0.508 e. The molecule has 1 spiro atoms. The third-order valence-electron chi connectivity index (χ3n) is 11.2. The zero-order valence-electron chi connectivity index (χ0n) is 32.0.